The molecule has 2 fully saturated rings. The molecule has 188 valence electrons. The molecule has 0 radical (unpaired) electrons. The first-order valence-electron chi connectivity index (χ1n) is 12.8. The normalized spacial score (nSPS) is 20.9. The van der Waals surface area contributed by atoms with Crippen LogP contribution in [0.5, 0.6) is 0 Å². The third-order valence-corrected chi connectivity index (χ3v) is 8.42. The van der Waals surface area contributed by atoms with Crippen LogP contribution in [0.15, 0.2) is 42.5 Å². The van der Waals surface area contributed by atoms with E-state index in [1.54, 1.807) is 11.3 Å². The predicted octanol–water partition coefficient (Wildman–Crippen LogP) is 4.48. The van der Waals surface area contributed by atoms with Crippen molar-refractivity contribution in [2.24, 2.45) is 5.92 Å². The van der Waals surface area contributed by atoms with Gasteiger partial charge in [0.05, 0.1) is 34.3 Å². The molecule has 5 rings (SSSR count). The largest absolute Gasteiger partial charge is 0.343 e. The first kappa shape index (κ1) is 24.6. The first-order valence-corrected chi connectivity index (χ1v) is 13.6. The monoisotopic (exact) mass is 504 g/mol. The molecule has 0 saturated carbocycles. The van der Waals surface area contributed by atoms with Crippen molar-refractivity contribution in [1.82, 2.24) is 14.8 Å². The lowest BCUT2D eigenvalue weighted by Crippen LogP contribution is -2.50. The molecule has 8 heteroatoms. The van der Waals surface area contributed by atoms with Gasteiger partial charge in [0.15, 0.2) is 0 Å². The number of likely N-dealkylation sites (tertiary alicyclic amines) is 1. The Morgan fingerprint density at radius 1 is 1.11 bits per heavy atom. The average Bonchev–Trinajstić information content (AvgIpc) is 3.44. The first-order chi connectivity index (χ1) is 17.4. The molecule has 2 aliphatic heterocycles. The summed E-state index contributed by atoms with van der Waals surface area (Å²) in [6.45, 7) is 8.68. The number of carbonyl (C=O) groups is 3. The standard InChI is InChI=1S/C28H32N4O3S/c1-4-30(5-2)27(34)20-7-6-14-31(17-20)23-16-25(33)32(28(23)35)21-11-9-19(10-12-21)26-29-22-13-8-18(3)15-24(22)36-26/h8-13,15,20,23H,4-7,14,16-17H2,1-3H3. The number of benzene rings is 2. The summed E-state index contributed by atoms with van der Waals surface area (Å²) in [5, 5.41) is 0.913. The van der Waals surface area contributed by atoms with E-state index in [9.17, 15) is 14.4 Å². The summed E-state index contributed by atoms with van der Waals surface area (Å²) < 4.78 is 1.14. The third-order valence-electron chi connectivity index (χ3n) is 7.36. The molecule has 2 aliphatic rings. The Bertz CT molecular complexity index is 1300. The minimum Gasteiger partial charge on any atom is -0.343 e. The van der Waals surface area contributed by atoms with Gasteiger partial charge in [-0.15, -0.1) is 11.3 Å². The van der Waals surface area contributed by atoms with Crippen LogP contribution in [-0.4, -0.2) is 64.7 Å². The van der Waals surface area contributed by atoms with Crippen LogP contribution in [0.1, 0.15) is 38.7 Å². The number of aromatic nitrogens is 1. The van der Waals surface area contributed by atoms with E-state index in [1.807, 2.05) is 54.0 Å². The maximum atomic E-state index is 13.4. The second kappa shape index (κ2) is 10.1. The number of carbonyl (C=O) groups excluding carboxylic acids is 3. The van der Waals surface area contributed by atoms with Crippen LogP contribution in [0.25, 0.3) is 20.8 Å². The van der Waals surface area contributed by atoms with Crippen molar-refractivity contribution in [2.75, 3.05) is 31.1 Å². The highest BCUT2D eigenvalue weighted by molar-refractivity contribution is 7.21. The molecule has 1 aromatic heterocycles. The van der Waals surface area contributed by atoms with Gasteiger partial charge in [0.2, 0.25) is 11.8 Å². The molecule has 2 aromatic carbocycles. The maximum absolute atomic E-state index is 13.4. The van der Waals surface area contributed by atoms with Crippen molar-refractivity contribution in [3.8, 4) is 10.6 Å². The number of hydrogen-bond acceptors (Lipinski definition) is 6. The summed E-state index contributed by atoms with van der Waals surface area (Å²) in [6, 6.07) is 13.2. The van der Waals surface area contributed by atoms with Gasteiger partial charge in [0, 0.05) is 25.2 Å². The maximum Gasteiger partial charge on any atom is 0.251 e. The number of rotatable bonds is 6. The van der Waals surface area contributed by atoms with Crippen molar-refractivity contribution in [3.05, 3.63) is 48.0 Å². The minimum absolute atomic E-state index is 0.118. The number of amides is 3. The Balaban J connectivity index is 1.31. The number of piperidine rings is 1. The van der Waals surface area contributed by atoms with E-state index in [-0.39, 0.29) is 30.1 Å². The van der Waals surface area contributed by atoms with Gasteiger partial charge in [-0.1, -0.05) is 6.07 Å². The van der Waals surface area contributed by atoms with E-state index in [2.05, 4.69) is 19.1 Å². The molecule has 3 heterocycles. The topological polar surface area (TPSA) is 73.8 Å². The molecule has 0 bridgehead atoms. The Hall–Kier alpha value is -3.10. The highest BCUT2D eigenvalue weighted by Gasteiger charge is 2.44. The summed E-state index contributed by atoms with van der Waals surface area (Å²) in [7, 11) is 0. The molecule has 2 saturated heterocycles. The van der Waals surface area contributed by atoms with Crippen molar-refractivity contribution >= 4 is 45.0 Å². The highest BCUT2D eigenvalue weighted by atomic mass is 32.1. The molecule has 7 nitrogen and oxygen atoms in total. The Morgan fingerprint density at radius 3 is 2.58 bits per heavy atom. The van der Waals surface area contributed by atoms with Gasteiger partial charge in [0.1, 0.15) is 5.01 Å². The predicted molar refractivity (Wildman–Crippen MR) is 143 cm³/mol. The number of hydrogen-bond donors (Lipinski definition) is 0. The van der Waals surface area contributed by atoms with E-state index < -0.39 is 6.04 Å². The van der Waals surface area contributed by atoms with Crippen LogP contribution in [0.3, 0.4) is 0 Å². The quantitative estimate of drug-likeness (QED) is 0.463. The second-order valence-electron chi connectivity index (χ2n) is 9.67. The second-order valence-corrected chi connectivity index (χ2v) is 10.7. The van der Waals surface area contributed by atoms with Gasteiger partial charge in [-0.05, 0) is 82.1 Å². The van der Waals surface area contributed by atoms with Crippen LogP contribution >= 0.6 is 11.3 Å². The van der Waals surface area contributed by atoms with E-state index in [0.717, 1.165) is 40.2 Å². The molecule has 0 spiro atoms. The minimum atomic E-state index is -0.503. The van der Waals surface area contributed by atoms with Gasteiger partial charge in [0.25, 0.3) is 5.91 Å². The summed E-state index contributed by atoms with van der Waals surface area (Å²) >= 11 is 1.63. The number of fused-ring (bicyclic) bond motifs is 1. The smallest absolute Gasteiger partial charge is 0.251 e. The summed E-state index contributed by atoms with van der Waals surface area (Å²) in [5.74, 6) is -0.351. The lowest BCUT2D eigenvalue weighted by molar-refractivity contribution is -0.138. The van der Waals surface area contributed by atoms with Crippen molar-refractivity contribution in [1.29, 1.82) is 0 Å². The molecule has 2 atom stereocenters. The van der Waals surface area contributed by atoms with Gasteiger partial charge in [-0.25, -0.2) is 9.88 Å². The Kier molecular flexibility index (Phi) is 6.90. The molecule has 0 N–H and O–H groups in total. The van der Waals surface area contributed by atoms with Gasteiger partial charge >= 0.3 is 0 Å². The zero-order chi connectivity index (χ0) is 25.4. The van der Waals surface area contributed by atoms with Crippen LogP contribution in [0.4, 0.5) is 5.69 Å². The van der Waals surface area contributed by atoms with Crippen molar-refractivity contribution < 1.29 is 14.4 Å². The number of nitrogens with zero attached hydrogens (tertiary/aromatic N) is 4. The molecule has 36 heavy (non-hydrogen) atoms. The zero-order valence-corrected chi connectivity index (χ0v) is 21.9. The van der Waals surface area contributed by atoms with Crippen molar-refractivity contribution in [2.45, 2.75) is 46.1 Å². The SMILES string of the molecule is CCN(CC)C(=O)C1CCCN(C2CC(=O)N(c3ccc(-c4nc5ccc(C)cc5s4)cc3)C2=O)C1. The summed E-state index contributed by atoms with van der Waals surface area (Å²) in [4.78, 5) is 49.2. The van der Waals surface area contributed by atoms with E-state index in [4.69, 9.17) is 4.98 Å². The lowest BCUT2D eigenvalue weighted by Gasteiger charge is -2.36. The number of aryl methyl sites for hydroxylation is 1. The summed E-state index contributed by atoms with van der Waals surface area (Å²) in [6.07, 6.45) is 1.84. The van der Waals surface area contributed by atoms with Crippen molar-refractivity contribution in [3.63, 3.8) is 0 Å². The summed E-state index contributed by atoms with van der Waals surface area (Å²) in [5.41, 5.74) is 3.71. The van der Waals surface area contributed by atoms with Crippen LogP contribution < -0.4 is 4.90 Å². The van der Waals surface area contributed by atoms with E-state index >= 15 is 0 Å². The molecule has 0 aliphatic carbocycles. The number of imide groups is 1. The Morgan fingerprint density at radius 2 is 1.86 bits per heavy atom. The number of anilines is 1. The van der Waals surface area contributed by atoms with Crippen LogP contribution in [0.2, 0.25) is 0 Å². The van der Waals surface area contributed by atoms with E-state index in [0.29, 0.717) is 25.3 Å². The zero-order valence-electron chi connectivity index (χ0n) is 21.1. The third kappa shape index (κ3) is 4.55. The number of thiazole rings is 1. The lowest BCUT2D eigenvalue weighted by atomic mass is 9.95. The molecule has 2 unspecified atom stereocenters. The Labute approximate surface area is 215 Å². The van der Waals surface area contributed by atoms with Gasteiger partial charge in [-0.3, -0.25) is 19.3 Å². The molecule has 3 aromatic rings. The van der Waals surface area contributed by atoms with Gasteiger partial charge in [-0.2, -0.15) is 0 Å². The molecule has 3 amide bonds. The fourth-order valence-corrected chi connectivity index (χ4v) is 6.43. The van der Waals surface area contributed by atoms with Gasteiger partial charge < -0.3 is 4.90 Å². The fraction of sp³-hybridized carbons (Fsp3) is 0.429. The van der Waals surface area contributed by atoms with Crippen LogP contribution in [-0.2, 0) is 14.4 Å². The van der Waals surface area contributed by atoms with E-state index in [1.165, 1.54) is 10.5 Å². The average molecular weight is 505 g/mol. The fourth-order valence-electron chi connectivity index (χ4n) is 5.37. The molecular formula is C28H32N4O3S. The van der Waals surface area contributed by atoms with Crippen LogP contribution in [0, 0.1) is 12.8 Å². The molecular weight excluding hydrogens is 472 g/mol. The highest BCUT2D eigenvalue weighted by Crippen LogP contribution is 2.34.